The van der Waals surface area contributed by atoms with Crippen LogP contribution in [0.2, 0.25) is 0 Å². The number of ether oxygens (including phenoxy) is 1. The molecule has 0 saturated carbocycles. The highest BCUT2D eigenvalue weighted by Gasteiger charge is 2.12. The van der Waals surface area contributed by atoms with Crippen molar-refractivity contribution in [1.29, 1.82) is 0 Å². The molecule has 1 aliphatic rings. The lowest BCUT2D eigenvalue weighted by molar-refractivity contribution is 0.296. The topological polar surface area (TPSA) is 29.5 Å². The fourth-order valence-electron chi connectivity index (χ4n) is 2.50. The van der Waals surface area contributed by atoms with Gasteiger partial charge in [0.05, 0.1) is 7.11 Å². The van der Waals surface area contributed by atoms with Crippen LogP contribution in [0.25, 0.3) is 0 Å². The van der Waals surface area contributed by atoms with Crippen LogP contribution in [0.5, 0.6) is 5.75 Å². The van der Waals surface area contributed by atoms with Gasteiger partial charge in [-0.25, -0.2) is 0 Å². The lowest BCUT2D eigenvalue weighted by Crippen LogP contribution is -2.00. The summed E-state index contributed by atoms with van der Waals surface area (Å²) < 4.78 is 5.39. The second kappa shape index (κ2) is 5.35. The number of methoxy groups -OCH3 is 1. The molecule has 0 amide bonds. The minimum Gasteiger partial charge on any atom is -0.496 e. The minimum absolute atomic E-state index is 0.190. The van der Waals surface area contributed by atoms with E-state index in [1.807, 2.05) is 0 Å². The Kier molecular flexibility index (Phi) is 3.83. The molecule has 0 aromatic heterocycles. The van der Waals surface area contributed by atoms with Gasteiger partial charge in [-0.1, -0.05) is 12.5 Å². The molecule has 0 radical (unpaired) electrons. The number of aliphatic hydroxyl groups excluding tert-OH is 1. The highest BCUT2D eigenvalue weighted by molar-refractivity contribution is 5.43. The predicted octanol–water partition coefficient (Wildman–Crippen LogP) is 2.50. The van der Waals surface area contributed by atoms with Crippen molar-refractivity contribution in [2.24, 2.45) is 0 Å². The third-order valence-electron chi connectivity index (χ3n) is 3.38. The van der Waals surface area contributed by atoms with Gasteiger partial charge >= 0.3 is 0 Å². The molecule has 1 aromatic carbocycles. The molecule has 88 valence electrons. The third kappa shape index (κ3) is 2.38. The van der Waals surface area contributed by atoms with Crippen LogP contribution in [0.1, 0.15) is 36.0 Å². The largest absolute Gasteiger partial charge is 0.496 e. The van der Waals surface area contributed by atoms with Crippen LogP contribution in [0.15, 0.2) is 12.1 Å². The number of benzene rings is 1. The third-order valence-corrected chi connectivity index (χ3v) is 3.38. The second-order valence-corrected chi connectivity index (χ2v) is 4.47. The molecule has 0 fully saturated rings. The van der Waals surface area contributed by atoms with Crippen molar-refractivity contribution in [3.8, 4) is 5.75 Å². The normalized spacial score (nSPS) is 15.4. The van der Waals surface area contributed by atoms with E-state index < -0.39 is 0 Å². The molecule has 16 heavy (non-hydrogen) atoms. The van der Waals surface area contributed by atoms with Crippen LogP contribution in [-0.2, 0) is 19.3 Å². The van der Waals surface area contributed by atoms with Crippen molar-refractivity contribution in [3.63, 3.8) is 0 Å². The monoisotopic (exact) mass is 220 g/mol. The van der Waals surface area contributed by atoms with Gasteiger partial charge < -0.3 is 9.84 Å². The molecular formula is C14H20O2. The number of rotatable bonds is 3. The summed E-state index contributed by atoms with van der Waals surface area (Å²) in [5, 5.41) is 9.04. The van der Waals surface area contributed by atoms with Gasteiger partial charge in [-0.3, -0.25) is 0 Å². The molecule has 1 aromatic rings. The maximum atomic E-state index is 9.04. The number of aryl methyl sites for hydroxylation is 2. The summed E-state index contributed by atoms with van der Waals surface area (Å²) in [6.07, 6.45) is 6.94. The molecule has 0 aliphatic heterocycles. The van der Waals surface area contributed by atoms with Crippen LogP contribution in [-0.4, -0.2) is 18.8 Å². The fraction of sp³-hybridized carbons (Fsp3) is 0.571. The molecule has 1 aliphatic carbocycles. The molecule has 0 spiro atoms. The summed E-state index contributed by atoms with van der Waals surface area (Å²) in [6.45, 7) is 0.190. The van der Waals surface area contributed by atoms with E-state index in [1.165, 1.54) is 43.2 Å². The molecule has 0 unspecified atom stereocenters. The SMILES string of the molecule is COc1cc2c(cc1CCO)CCCCC2. The summed E-state index contributed by atoms with van der Waals surface area (Å²) in [4.78, 5) is 0. The van der Waals surface area contributed by atoms with E-state index in [4.69, 9.17) is 9.84 Å². The Morgan fingerprint density at radius 1 is 1.12 bits per heavy atom. The zero-order valence-corrected chi connectivity index (χ0v) is 9.96. The van der Waals surface area contributed by atoms with Crippen molar-refractivity contribution in [2.75, 3.05) is 13.7 Å². The Morgan fingerprint density at radius 3 is 2.44 bits per heavy atom. The quantitative estimate of drug-likeness (QED) is 0.793. The molecule has 2 heteroatoms. The van der Waals surface area contributed by atoms with Crippen LogP contribution >= 0.6 is 0 Å². The maximum absolute atomic E-state index is 9.04. The minimum atomic E-state index is 0.190. The van der Waals surface area contributed by atoms with E-state index in [9.17, 15) is 0 Å². The zero-order chi connectivity index (χ0) is 11.4. The molecule has 0 heterocycles. The van der Waals surface area contributed by atoms with E-state index in [0.717, 1.165) is 11.3 Å². The number of aliphatic hydroxyl groups is 1. The van der Waals surface area contributed by atoms with Crippen molar-refractivity contribution >= 4 is 0 Å². The van der Waals surface area contributed by atoms with Gasteiger partial charge in [0, 0.05) is 6.61 Å². The van der Waals surface area contributed by atoms with Gasteiger partial charge in [-0.15, -0.1) is 0 Å². The standard InChI is InChI=1S/C14H20O2/c1-16-14-10-12-6-4-2-3-5-11(12)9-13(14)7-8-15/h9-10,15H,2-8H2,1H3. The highest BCUT2D eigenvalue weighted by Crippen LogP contribution is 2.28. The summed E-state index contributed by atoms with van der Waals surface area (Å²) in [7, 11) is 1.71. The Labute approximate surface area is 97.3 Å². The molecule has 0 saturated heterocycles. The van der Waals surface area contributed by atoms with Crippen LogP contribution in [0, 0.1) is 0 Å². The molecule has 0 bridgehead atoms. The average molecular weight is 220 g/mol. The fourth-order valence-corrected chi connectivity index (χ4v) is 2.50. The maximum Gasteiger partial charge on any atom is 0.122 e. The van der Waals surface area contributed by atoms with Crippen LogP contribution in [0.4, 0.5) is 0 Å². The van der Waals surface area contributed by atoms with Crippen LogP contribution in [0.3, 0.4) is 0 Å². The Balaban J connectivity index is 2.36. The van der Waals surface area contributed by atoms with Gasteiger partial charge in [-0.05, 0) is 54.9 Å². The summed E-state index contributed by atoms with van der Waals surface area (Å²) in [5.41, 5.74) is 4.04. The van der Waals surface area contributed by atoms with Crippen molar-refractivity contribution < 1.29 is 9.84 Å². The zero-order valence-electron chi connectivity index (χ0n) is 9.96. The first-order valence-electron chi connectivity index (χ1n) is 6.14. The first-order valence-corrected chi connectivity index (χ1v) is 6.14. The molecular weight excluding hydrogens is 200 g/mol. The molecule has 0 atom stereocenters. The smallest absolute Gasteiger partial charge is 0.122 e. The van der Waals surface area contributed by atoms with E-state index in [0.29, 0.717) is 6.42 Å². The van der Waals surface area contributed by atoms with Crippen molar-refractivity contribution in [3.05, 3.63) is 28.8 Å². The molecule has 2 rings (SSSR count). The van der Waals surface area contributed by atoms with Gasteiger partial charge in [-0.2, -0.15) is 0 Å². The predicted molar refractivity (Wildman–Crippen MR) is 65.0 cm³/mol. The van der Waals surface area contributed by atoms with Crippen LogP contribution < -0.4 is 4.74 Å². The molecule has 2 nitrogen and oxygen atoms in total. The average Bonchev–Trinajstić information content (AvgIpc) is 2.53. The van der Waals surface area contributed by atoms with Gasteiger partial charge in [0.2, 0.25) is 0 Å². The second-order valence-electron chi connectivity index (χ2n) is 4.47. The van der Waals surface area contributed by atoms with E-state index >= 15 is 0 Å². The highest BCUT2D eigenvalue weighted by atomic mass is 16.5. The van der Waals surface area contributed by atoms with Crippen molar-refractivity contribution in [1.82, 2.24) is 0 Å². The Morgan fingerprint density at radius 2 is 1.81 bits per heavy atom. The number of hydrogen-bond acceptors (Lipinski definition) is 2. The summed E-state index contributed by atoms with van der Waals surface area (Å²) in [6, 6.07) is 4.40. The number of hydrogen-bond donors (Lipinski definition) is 1. The van der Waals surface area contributed by atoms with Gasteiger partial charge in [0.15, 0.2) is 0 Å². The van der Waals surface area contributed by atoms with Gasteiger partial charge in [0.1, 0.15) is 5.75 Å². The summed E-state index contributed by atoms with van der Waals surface area (Å²) >= 11 is 0. The van der Waals surface area contributed by atoms with E-state index in [2.05, 4.69) is 12.1 Å². The van der Waals surface area contributed by atoms with E-state index in [1.54, 1.807) is 7.11 Å². The number of fused-ring (bicyclic) bond motifs is 1. The van der Waals surface area contributed by atoms with Crippen molar-refractivity contribution in [2.45, 2.75) is 38.5 Å². The first kappa shape index (κ1) is 11.5. The lowest BCUT2D eigenvalue weighted by Gasteiger charge is -2.13. The van der Waals surface area contributed by atoms with Gasteiger partial charge in [0.25, 0.3) is 0 Å². The lowest BCUT2D eigenvalue weighted by atomic mass is 9.98. The summed E-state index contributed by atoms with van der Waals surface area (Å²) in [5.74, 6) is 0.940. The van der Waals surface area contributed by atoms with E-state index in [-0.39, 0.29) is 6.61 Å². The Bertz CT molecular complexity index is 357. The molecule has 1 N–H and O–H groups in total. The first-order chi connectivity index (χ1) is 7.85. The Hall–Kier alpha value is -1.02.